The summed E-state index contributed by atoms with van der Waals surface area (Å²) in [6, 6.07) is 0.853. The summed E-state index contributed by atoms with van der Waals surface area (Å²) in [5.41, 5.74) is 0. The van der Waals surface area contributed by atoms with Crippen LogP contribution in [0, 0.1) is 11.8 Å². The Labute approximate surface area is 108 Å². The molecule has 0 bridgehead atoms. The van der Waals surface area contributed by atoms with Gasteiger partial charge in [-0.15, -0.1) is 23.2 Å². The van der Waals surface area contributed by atoms with Crippen molar-refractivity contribution in [3.63, 3.8) is 0 Å². The van der Waals surface area contributed by atoms with Crippen molar-refractivity contribution in [3.05, 3.63) is 0 Å². The Hall–Kier alpha value is 0.01000. The molecular formula is C11H21Cl2NO2. The highest BCUT2D eigenvalue weighted by Crippen LogP contribution is 2.18. The van der Waals surface area contributed by atoms with E-state index in [1.165, 1.54) is 0 Å². The first-order chi connectivity index (χ1) is 7.52. The van der Waals surface area contributed by atoms with Crippen LogP contribution in [-0.2, 0) is 4.79 Å². The molecule has 0 amide bonds. The van der Waals surface area contributed by atoms with Crippen molar-refractivity contribution in [1.29, 1.82) is 0 Å². The number of carboxylic acids is 1. The first-order valence-corrected chi connectivity index (χ1v) is 6.66. The Kier molecular flexibility index (Phi) is 9.09. The molecule has 0 aromatic carbocycles. The lowest BCUT2D eigenvalue weighted by molar-refractivity contribution is -0.143. The molecule has 0 radical (unpaired) electrons. The fourth-order valence-electron chi connectivity index (χ4n) is 1.59. The molecule has 0 aromatic rings. The molecule has 0 spiro atoms. The molecule has 0 aromatic heterocycles. The Bertz CT molecular complexity index is 196. The molecule has 16 heavy (non-hydrogen) atoms. The quantitative estimate of drug-likeness (QED) is 0.397. The summed E-state index contributed by atoms with van der Waals surface area (Å²) in [7, 11) is 0. The van der Waals surface area contributed by atoms with Gasteiger partial charge in [-0.3, -0.25) is 9.69 Å². The maximum atomic E-state index is 10.9. The zero-order valence-electron chi connectivity index (χ0n) is 9.96. The predicted octanol–water partition coefficient (Wildman–Crippen LogP) is 3.21. The second-order valence-corrected chi connectivity index (χ2v) is 4.80. The van der Waals surface area contributed by atoms with Crippen LogP contribution < -0.4 is 0 Å². The predicted molar refractivity (Wildman–Crippen MR) is 68.0 cm³/mol. The summed E-state index contributed by atoms with van der Waals surface area (Å²) in [6.45, 7) is 4.72. The zero-order chi connectivity index (χ0) is 12.6. The van der Waals surface area contributed by atoms with E-state index in [2.05, 4.69) is 0 Å². The molecular weight excluding hydrogens is 249 g/mol. The van der Waals surface area contributed by atoms with Crippen LogP contribution in [0.15, 0.2) is 0 Å². The van der Waals surface area contributed by atoms with E-state index >= 15 is 0 Å². The van der Waals surface area contributed by atoms with Crippen LogP contribution in [0.1, 0.15) is 33.1 Å². The molecule has 5 heteroatoms. The minimum atomic E-state index is -0.693. The van der Waals surface area contributed by atoms with E-state index in [0.29, 0.717) is 12.0 Å². The third-order valence-electron chi connectivity index (χ3n) is 2.70. The molecule has 1 N–H and O–H groups in total. The van der Waals surface area contributed by atoms with Gasteiger partial charge in [0.05, 0.1) is 17.9 Å². The molecule has 0 aliphatic heterocycles. The van der Waals surface area contributed by atoms with Crippen molar-refractivity contribution >= 4 is 29.2 Å². The number of nitrogens with zero attached hydrogens (tertiary/aromatic N) is 1. The molecule has 96 valence electrons. The van der Waals surface area contributed by atoms with Crippen LogP contribution in [-0.4, -0.2) is 34.5 Å². The van der Waals surface area contributed by atoms with Gasteiger partial charge in [-0.25, -0.2) is 0 Å². The van der Waals surface area contributed by atoms with E-state index in [9.17, 15) is 4.79 Å². The van der Waals surface area contributed by atoms with Gasteiger partial charge in [0.15, 0.2) is 0 Å². The summed E-state index contributed by atoms with van der Waals surface area (Å²) in [5, 5.41) is 8.99. The maximum Gasteiger partial charge on any atom is 0.306 e. The molecule has 0 saturated carbocycles. The molecule has 0 aliphatic carbocycles. The summed E-state index contributed by atoms with van der Waals surface area (Å²) in [5.74, 6) is -0.739. The van der Waals surface area contributed by atoms with Gasteiger partial charge in [0, 0.05) is 6.54 Å². The van der Waals surface area contributed by atoms with E-state index in [-0.39, 0.29) is 11.8 Å². The van der Waals surface area contributed by atoms with Gasteiger partial charge in [0.25, 0.3) is 0 Å². The number of hydrogen-bond acceptors (Lipinski definition) is 2. The number of carbonyl (C=O) groups is 1. The average molecular weight is 270 g/mol. The van der Waals surface area contributed by atoms with Crippen LogP contribution in [0.25, 0.3) is 0 Å². The second kappa shape index (κ2) is 9.08. The maximum absolute atomic E-state index is 10.9. The monoisotopic (exact) mass is 269 g/mol. The molecule has 1 unspecified atom stereocenters. The highest BCUT2D eigenvalue weighted by atomic mass is 35.5. The van der Waals surface area contributed by atoms with E-state index in [1.54, 1.807) is 0 Å². The van der Waals surface area contributed by atoms with Crippen LogP contribution in [0.2, 0.25) is 0 Å². The fraction of sp³-hybridized carbons (Fsp3) is 0.909. The number of alkyl halides is 2. The van der Waals surface area contributed by atoms with Crippen molar-refractivity contribution in [2.24, 2.45) is 11.8 Å². The second-order valence-electron chi connectivity index (χ2n) is 4.32. The van der Waals surface area contributed by atoms with Crippen molar-refractivity contribution in [2.75, 3.05) is 18.6 Å². The van der Waals surface area contributed by atoms with E-state index in [1.807, 2.05) is 18.7 Å². The lowest BCUT2D eigenvalue weighted by Gasteiger charge is -2.18. The first kappa shape index (κ1) is 16.0. The lowest BCUT2D eigenvalue weighted by atomic mass is 9.91. The van der Waals surface area contributed by atoms with Crippen molar-refractivity contribution < 1.29 is 9.90 Å². The van der Waals surface area contributed by atoms with Gasteiger partial charge in [-0.05, 0) is 18.8 Å². The van der Waals surface area contributed by atoms with Gasteiger partial charge >= 0.3 is 5.97 Å². The molecule has 1 atom stereocenters. The Balaban J connectivity index is 3.74. The van der Waals surface area contributed by atoms with Crippen molar-refractivity contribution in [1.82, 2.24) is 4.90 Å². The first-order valence-electron chi connectivity index (χ1n) is 5.60. The molecule has 0 heterocycles. The van der Waals surface area contributed by atoms with Crippen LogP contribution in [0.4, 0.5) is 0 Å². The Morgan fingerprint density at radius 2 is 1.81 bits per heavy atom. The van der Waals surface area contributed by atoms with Gasteiger partial charge in [0.1, 0.15) is 0 Å². The summed E-state index contributed by atoms with van der Waals surface area (Å²) in [4.78, 5) is 12.8. The third kappa shape index (κ3) is 6.56. The SMILES string of the molecule is CC(C)C(CCCCN(CCl)CCl)C(=O)O. The number of carboxylic acid groups (broad SMARTS) is 1. The highest BCUT2D eigenvalue weighted by molar-refractivity contribution is 6.19. The van der Waals surface area contributed by atoms with Gasteiger partial charge in [-0.2, -0.15) is 0 Å². The van der Waals surface area contributed by atoms with Crippen LogP contribution >= 0.6 is 23.2 Å². The normalized spacial score (nSPS) is 13.4. The van der Waals surface area contributed by atoms with Crippen molar-refractivity contribution in [2.45, 2.75) is 33.1 Å². The summed E-state index contributed by atoms with van der Waals surface area (Å²) < 4.78 is 0. The fourth-order valence-corrected chi connectivity index (χ4v) is 2.09. The van der Waals surface area contributed by atoms with Crippen LogP contribution in [0.5, 0.6) is 0 Å². The van der Waals surface area contributed by atoms with Gasteiger partial charge in [0.2, 0.25) is 0 Å². The summed E-state index contributed by atoms with van der Waals surface area (Å²) in [6.07, 6.45) is 2.57. The van der Waals surface area contributed by atoms with Crippen molar-refractivity contribution in [3.8, 4) is 0 Å². The largest absolute Gasteiger partial charge is 0.481 e. The standard InChI is InChI=1S/C11H21Cl2NO2/c1-9(2)10(11(15)16)5-3-4-6-14(7-12)8-13/h9-10H,3-8H2,1-2H3,(H,15,16). The minimum Gasteiger partial charge on any atom is -0.481 e. The van der Waals surface area contributed by atoms with Gasteiger partial charge in [-0.1, -0.05) is 20.3 Å². The van der Waals surface area contributed by atoms with E-state index in [4.69, 9.17) is 28.3 Å². The van der Waals surface area contributed by atoms with Gasteiger partial charge < -0.3 is 5.11 Å². The Morgan fingerprint density at radius 1 is 1.25 bits per heavy atom. The minimum absolute atomic E-state index is 0.189. The lowest BCUT2D eigenvalue weighted by Crippen LogP contribution is -2.23. The smallest absolute Gasteiger partial charge is 0.306 e. The molecule has 0 saturated heterocycles. The number of aliphatic carboxylic acids is 1. The average Bonchev–Trinajstić information content (AvgIpc) is 2.22. The van der Waals surface area contributed by atoms with E-state index in [0.717, 1.165) is 25.8 Å². The topological polar surface area (TPSA) is 40.5 Å². The third-order valence-corrected chi connectivity index (χ3v) is 3.38. The zero-order valence-corrected chi connectivity index (χ0v) is 11.5. The molecule has 0 fully saturated rings. The molecule has 0 rings (SSSR count). The number of halogens is 2. The number of hydrogen-bond donors (Lipinski definition) is 1. The molecule has 0 aliphatic rings. The molecule has 3 nitrogen and oxygen atoms in total. The van der Waals surface area contributed by atoms with E-state index < -0.39 is 5.97 Å². The van der Waals surface area contributed by atoms with Crippen LogP contribution in [0.3, 0.4) is 0 Å². The summed E-state index contributed by atoms with van der Waals surface area (Å²) >= 11 is 11.3. The highest BCUT2D eigenvalue weighted by Gasteiger charge is 2.20. The number of unbranched alkanes of at least 4 members (excludes halogenated alkanes) is 1. The Morgan fingerprint density at radius 3 is 2.19 bits per heavy atom. The number of rotatable bonds is 9.